The lowest BCUT2D eigenvalue weighted by Crippen LogP contribution is -2.46. The molecule has 0 saturated carbocycles. The monoisotopic (exact) mass is 397 g/mol. The number of para-hydroxylation sites is 2. The first-order valence-electron chi connectivity index (χ1n) is 9.88. The zero-order valence-corrected chi connectivity index (χ0v) is 17.0. The predicted octanol–water partition coefficient (Wildman–Crippen LogP) is 3.83. The van der Waals surface area contributed by atoms with Gasteiger partial charge in [0.1, 0.15) is 6.04 Å². The second-order valence-corrected chi connectivity index (χ2v) is 7.52. The molecule has 0 aliphatic heterocycles. The third-order valence-corrected chi connectivity index (χ3v) is 5.52. The van der Waals surface area contributed by atoms with Crippen LogP contribution in [0.3, 0.4) is 0 Å². The van der Waals surface area contributed by atoms with E-state index < -0.39 is 11.9 Å². The highest BCUT2D eigenvalue weighted by molar-refractivity contribution is 6.16. The highest BCUT2D eigenvalue weighted by Gasteiger charge is 2.23. The second kappa shape index (κ2) is 7.95. The number of benzene rings is 3. The van der Waals surface area contributed by atoms with Crippen LogP contribution in [-0.4, -0.2) is 22.8 Å². The van der Waals surface area contributed by atoms with E-state index >= 15 is 0 Å². The van der Waals surface area contributed by atoms with Crippen LogP contribution in [0.15, 0.2) is 66.7 Å². The summed E-state index contributed by atoms with van der Waals surface area (Å²) in [6.07, 6.45) is 0.348. The van der Waals surface area contributed by atoms with E-state index in [0.717, 1.165) is 38.5 Å². The van der Waals surface area contributed by atoms with E-state index in [1.807, 2.05) is 80.6 Å². The van der Waals surface area contributed by atoms with Crippen LogP contribution in [0, 0.1) is 13.8 Å². The molecular weight excluding hydrogens is 374 g/mol. The molecular formula is C25H23N3O2. The van der Waals surface area contributed by atoms with Gasteiger partial charge in [-0.05, 0) is 42.7 Å². The molecule has 1 atom stereocenters. The Morgan fingerprint density at radius 2 is 1.40 bits per heavy atom. The average molecular weight is 397 g/mol. The summed E-state index contributed by atoms with van der Waals surface area (Å²) in [5.41, 5.74) is 10.8. The summed E-state index contributed by atoms with van der Waals surface area (Å²) < 4.78 is 0. The molecule has 0 unspecified atom stereocenters. The fourth-order valence-electron chi connectivity index (χ4n) is 3.91. The summed E-state index contributed by atoms with van der Waals surface area (Å²) in [5, 5.41) is 4.36. The third kappa shape index (κ3) is 3.62. The Balaban J connectivity index is 1.76. The van der Waals surface area contributed by atoms with Crippen LogP contribution in [0.5, 0.6) is 0 Å². The second-order valence-electron chi connectivity index (χ2n) is 7.52. The van der Waals surface area contributed by atoms with Crippen LogP contribution in [0.1, 0.15) is 27.0 Å². The Morgan fingerprint density at radius 3 is 1.93 bits per heavy atom. The van der Waals surface area contributed by atoms with Gasteiger partial charge in [0.25, 0.3) is 5.91 Å². The molecule has 30 heavy (non-hydrogen) atoms. The van der Waals surface area contributed by atoms with Crippen LogP contribution >= 0.6 is 0 Å². The highest BCUT2D eigenvalue weighted by atomic mass is 16.2. The minimum Gasteiger partial charge on any atom is -0.368 e. The Bertz CT molecular complexity index is 1210. The van der Waals surface area contributed by atoms with Crippen molar-refractivity contribution < 1.29 is 9.59 Å². The molecule has 0 aliphatic rings. The van der Waals surface area contributed by atoms with Gasteiger partial charge in [0, 0.05) is 17.2 Å². The van der Waals surface area contributed by atoms with E-state index in [2.05, 4.69) is 10.3 Å². The van der Waals surface area contributed by atoms with Crippen LogP contribution < -0.4 is 11.1 Å². The van der Waals surface area contributed by atoms with Crippen LogP contribution in [0.2, 0.25) is 0 Å². The van der Waals surface area contributed by atoms with Gasteiger partial charge >= 0.3 is 0 Å². The molecule has 5 heteroatoms. The number of rotatable bonds is 5. The Morgan fingerprint density at radius 1 is 0.867 bits per heavy atom. The van der Waals surface area contributed by atoms with Crippen LogP contribution in [-0.2, 0) is 11.2 Å². The Kier molecular flexibility index (Phi) is 5.19. The van der Waals surface area contributed by atoms with Gasteiger partial charge in [0.2, 0.25) is 5.91 Å². The number of aryl methyl sites for hydroxylation is 2. The molecule has 0 bridgehead atoms. The number of fused-ring (bicyclic) bond motifs is 2. The SMILES string of the molecule is Cc1cccc(C)c1C[C@@H](NC(=O)c1c2ccccc2nc2ccccc12)C(N)=O. The van der Waals surface area contributed by atoms with Gasteiger partial charge in [0.15, 0.2) is 0 Å². The van der Waals surface area contributed by atoms with Crippen molar-refractivity contribution in [2.45, 2.75) is 26.3 Å². The number of aromatic nitrogens is 1. The number of hydrogen-bond donors (Lipinski definition) is 2. The molecule has 0 fully saturated rings. The van der Waals surface area contributed by atoms with Crippen molar-refractivity contribution in [1.82, 2.24) is 10.3 Å². The first-order valence-corrected chi connectivity index (χ1v) is 9.88. The summed E-state index contributed by atoms with van der Waals surface area (Å²) in [6, 6.07) is 20.2. The average Bonchev–Trinajstić information content (AvgIpc) is 2.73. The van der Waals surface area contributed by atoms with Crippen LogP contribution in [0.25, 0.3) is 21.8 Å². The molecule has 0 spiro atoms. The highest BCUT2D eigenvalue weighted by Crippen LogP contribution is 2.26. The number of nitrogens with two attached hydrogens (primary N) is 1. The number of primary amides is 1. The maximum atomic E-state index is 13.4. The van der Waals surface area contributed by atoms with Crippen molar-refractivity contribution in [2.75, 3.05) is 0 Å². The van der Waals surface area contributed by atoms with Crippen molar-refractivity contribution >= 4 is 33.6 Å². The van der Waals surface area contributed by atoms with Crippen molar-refractivity contribution in [3.05, 3.63) is 89.0 Å². The van der Waals surface area contributed by atoms with Gasteiger partial charge in [-0.3, -0.25) is 9.59 Å². The summed E-state index contributed by atoms with van der Waals surface area (Å²) in [5.74, 6) is -0.895. The smallest absolute Gasteiger partial charge is 0.253 e. The molecule has 4 rings (SSSR count). The fourth-order valence-corrected chi connectivity index (χ4v) is 3.91. The van der Waals surface area contributed by atoms with Crippen molar-refractivity contribution in [3.8, 4) is 0 Å². The van der Waals surface area contributed by atoms with Crippen molar-refractivity contribution in [1.29, 1.82) is 0 Å². The van der Waals surface area contributed by atoms with Crippen molar-refractivity contribution in [3.63, 3.8) is 0 Å². The molecule has 4 aromatic rings. The summed E-state index contributed by atoms with van der Waals surface area (Å²) in [4.78, 5) is 30.3. The Labute approximate surface area is 174 Å². The molecule has 5 nitrogen and oxygen atoms in total. The molecule has 2 amide bonds. The molecule has 0 saturated heterocycles. The number of nitrogens with zero attached hydrogens (tertiary/aromatic N) is 1. The lowest BCUT2D eigenvalue weighted by molar-refractivity contribution is -0.119. The van der Waals surface area contributed by atoms with E-state index in [1.54, 1.807) is 0 Å². The van der Waals surface area contributed by atoms with Gasteiger partial charge in [-0.15, -0.1) is 0 Å². The van der Waals surface area contributed by atoms with E-state index in [1.165, 1.54) is 0 Å². The molecule has 0 radical (unpaired) electrons. The maximum Gasteiger partial charge on any atom is 0.253 e. The normalized spacial score (nSPS) is 12.1. The van der Waals surface area contributed by atoms with E-state index in [-0.39, 0.29) is 5.91 Å². The zero-order chi connectivity index (χ0) is 21.3. The predicted molar refractivity (Wildman–Crippen MR) is 119 cm³/mol. The van der Waals surface area contributed by atoms with Crippen LogP contribution in [0.4, 0.5) is 0 Å². The number of hydrogen-bond acceptors (Lipinski definition) is 3. The van der Waals surface area contributed by atoms with Gasteiger partial charge in [-0.1, -0.05) is 54.6 Å². The third-order valence-electron chi connectivity index (χ3n) is 5.52. The molecule has 1 heterocycles. The van der Waals surface area contributed by atoms with Crippen molar-refractivity contribution in [2.24, 2.45) is 5.73 Å². The van der Waals surface area contributed by atoms with Gasteiger partial charge in [-0.25, -0.2) is 4.98 Å². The number of pyridine rings is 1. The quantitative estimate of drug-likeness (QED) is 0.502. The van der Waals surface area contributed by atoms with E-state index in [9.17, 15) is 9.59 Å². The number of nitrogens with one attached hydrogen (secondary N) is 1. The summed E-state index contributed by atoms with van der Waals surface area (Å²) >= 11 is 0. The lowest BCUT2D eigenvalue weighted by Gasteiger charge is -2.19. The number of carbonyl (C=O) groups is 2. The summed E-state index contributed by atoms with van der Waals surface area (Å²) in [6.45, 7) is 3.98. The lowest BCUT2D eigenvalue weighted by atomic mass is 9.95. The van der Waals surface area contributed by atoms with Gasteiger partial charge in [-0.2, -0.15) is 0 Å². The molecule has 3 aromatic carbocycles. The molecule has 3 N–H and O–H groups in total. The number of amides is 2. The number of carbonyl (C=O) groups excluding carboxylic acids is 2. The fraction of sp³-hybridized carbons (Fsp3) is 0.160. The standard InChI is InChI=1S/C25H23N3O2/c1-15-8-7-9-16(2)19(15)14-22(24(26)29)28-25(30)23-17-10-3-5-12-20(17)27-21-13-6-4-11-18(21)23/h3-13,22H,14H2,1-2H3,(H2,26,29)(H,28,30)/t22-/m1/s1. The van der Waals surface area contributed by atoms with Gasteiger partial charge in [0.05, 0.1) is 16.6 Å². The minimum absolute atomic E-state index is 0.333. The Hall–Kier alpha value is -3.73. The first-order chi connectivity index (χ1) is 14.5. The first kappa shape index (κ1) is 19.6. The van der Waals surface area contributed by atoms with E-state index in [4.69, 9.17) is 5.73 Å². The maximum absolute atomic E-state index is 13.4. The zero-order valence-electron chi connectivity index (χ0n) is 17.0. The minimum atomic E-state index is -0.817. The van der Waals surface area contributed by atoms with E-state index in [0.29, 0.717) is 12.0 Å². The molecule has 0 aliphatic carbocycles. The topological polar surface area (TPSA) is 85.1 Å². The largest absolute Gasteiger partial charge is 0.368 e. The summed E-state index contributed by atoms with van der Waals surface area (Å²) in [7, 11) is 0. The molecule has 1 aromatic heterocycles. The molecule has 150 valence electrons. The van der Waals surface area contributed by atoms with Gasteiger partial charge < -0.3 is 11.1 Å².